The summed E-state index contributed by atoms with van der Waals surface area (Å²) in [5.41, 5.74) is 4.61. The molecule has 2 aromatic heterocycles. The fourth-order valence-corrected chi connectivity index (χ4v) is 2.95. The van der Waals surface area contributed by atoms with Crippen molar-refractivity contribution in [1.82, 2.24) is 19.5 Å². The number of ether oxygens (including phenoxy) is 1. The first-order valence-corrected chi connectivity index (χ1v) is 8.35. The van der Waals surface area contributed by atoms with Crippen molar-refractivity contribution in [3.63, 3.8) is 0 Å². The van der Waals surface area contributed by atoms with Crippen LogP contribution in [-0.2, 0) is 0 Å². The largest absolute Gasteiger partial charge is 0.508 e. The van der Waals surface area contributed by atoms with Crippen LogP contribution in [0, 0.1) is 5.82 Å². The van der Waals surface area contributed by atoms with E-state index in [0.29, 0.717) is 11.3 Å². The minimum Gasteiger partial charge on any atom is -0.508 e. The van der Waals surface area contributed by atoms with Crippen LogP contribution in [0.3, 0.4) is 0 Å². The predicted molar refractivity (Wildman–Crippen MR) is 102 cm³/mol. The highest BCUT2D eigenvalue weighted by atomic mass is 19.1. The van der Waals surface area contributed by atoms with Crippen LogP contribution in [0.15, 0.2) is 47.3 Å². The van der Waals surface area contributed by atoms with Gasteiger partial charge >= 0.3 is 5.69 Å². The summed E-state index contributed by atoms with van der Waals surface area (Å²) in [7, 11) is 1.41. The number of carbonyl (C=O) groups is 1. The molecule has 0 aliphatic carbocycles. The summed E-state index contributed by atoms with van der Waals surface area (Å²) in [5, 5.41) is 9.72. The van der Waals surface area contributed by atoms with Gasteiger partial charge in [-0.2, -0.15) is 0 Å². The van der Waals surface area contributed by atoms with Crippen LogP contribution in [0.2, 0.25) is 0 Å². The number of nitrogens with two attached hydrogens (primary N) is 1. The number of aromatic nitrogens is 4. The highest BCUT2D eigenvalue weighted by Crippen LogP contribution is 2.26. The summed E-state index contributed by atoms with van der Waals surface area (Å²) < 4.78 is 20.6. The molecule has 0 atom stereocenters. The zero-order chi connectivity index (χ0) is 20.7. The number of rotatable bonds is 4. The molecule has 2 aromatic carbocycles. The van der Waals surface area contributed by atoms with Crippen LogP contribution >= 0.6 is 0 Å². The molecule has 1 amide bonds. The highest BCUT2D eigenvalue weighted by Gasteiger charge is 2.22. The zero-order valence-corrected chi connectivity index (χ0v) is 15.0. The number of hydrogen-bond acceptors (Lipinski definition) is 6. The molecule has 0 saturated carbocycles. The number of aromatic amines is 1. The molecule has 0 fully saturated rings. The van der Waals surface area contributed by atoms with Gasteiger partial charge in [-0.3, -0.25) is 4.79 Å². The minimum absolute atomic E-state index is 0.0262. The van der Waals surface area contributed by atoms with Crippen molar-refractivity contribution in [1.29, 1.82) is 0 Å². The molecule has 10 heteroatoms. The number of nitrogens with one attached hydrogen (secondary N) is 1. The molecule has 0 aliphatic heterocycles. The Morgan fingerprint density at radius 2 is 2.03 bits per heavy atom. The van der Waals surface area contributed by atoms with Crippen LogP contribution in [0.4, 0.5) is 4.39 Å². The van der Waals surface area contributed by atoms with E-state index in [9.17, 15) is 19.1 Å². The van der Waals surface area contributed by atoms with E-state index < -0.39 is 17.4 Å². The van der Waals surface area contributed by atoms with Gasteiger partial charge < -0.3 is 20.6 Å². The van der Waals surface area contributed by atoms with E-state index in [2.05, 4.69) is 15.0 Å². The maximum atomic E-state index is 14.5. The van der Waals surface area contributed by atoms with Crippen molar-refractivity contribution in [3.8, 4) is 28.6 Å². The van der Waals surface area contributed by atoms with E-state index in [1.807, 2.05) is 0 Å². The fourth-order valence-electron chi connectivity index (χ4n) is 2.95. The second kappa shape index (κ2) is 6.75. The van der Waals surface area contributed by atoms with Gasteiger partial charge in [-0.05, 0) is 24.3 Å². The van der Waals surface area contributed by atoms with Gasteiger partial charge in [0.2, 0.25) is 0 Å². The number of phenols is 1. The molecule has 29 heavy (non-hydrogen) atoms. The molecule has 0 bridgehead atoms. The molecule has 0 unspecified atom stereocenters. The third-order valence-corrected chi connectivity index (χ3v) is 4.27. The molecule has 0 aliphatic rings. The third-order valence-electron chi connectivity index (χ3n) is 4.27. The molecule has 2 heterocycles. The number of hydrogen-bond donors (Lipinski definition) is 3. The Kier molecular flexibility index (Phi) is 4.23. The molecule has 4 aromatic rings. The van der Waals surface area contributed by atoms with Crippen molar-refractivity contribution < 1.29 is 19.0 Å². The lowest BCUT2D eigenvalue weighted by Gasteiger charge is -2.09. The molecule has 146 valence electrons. The number of carbonyl (C=O) groups excluding carboxylic acids is 1. The third kappa shape index (κ3) is 3.06. The first-order valence-electron chi connectivity index (χ1n) is 8.35. The van der Waals surface area contributed by atoms with Crippen LogP contribution < -0.4 is 16.2 Å². The number of fused-ring (bicyclic) bond motifs is 1. The van der Waals surface area contributed by atoms with E-state index >= 15 is 0 Å². The lowest BCUT2D eigenvalue weighted by atomic mass is 10.2. The molecule has 0 spiro atoms. The number of phenolic OH excluding ortho intramolecular Hbond substituents is 1. The van der Waals surface area contributed by atoms with Crippen LogP contribution in [0.5, 0.6) is 11.5 Å². The molecule has 4 N–H and O–H groups in total. The topological polar surface area (TPSA) is 136 Å². The smallest absolute Gasteiger partial charge is 0.332 e. The number of aromatic hydroxyl groups is 1. The summed E-state index contributed by atoms with van der Waals surface area (Å²) in [6.07, 6.45) is 0. The number of amides is 1. The van der Waals surface area contributed by atoms with Gasteiger partial charge in [-0.1, -0.05) is 12.1 Å². The Labute approximate surface area is 162 Å². The van der Waals surface area contributed by atoms with E-state index in [-0.39, 0.29) is 34.1 Å². The summed E-state index contributed by atoms with van der Waals surface area (Å²) in [5.74, 6) is -1.30. The standard InChI is InChI=1S/C19H14FN5O4/c1-29-11-5-6-12(20)13(8-11)25-18-15(23-19(25)28)14(16(21)27)22-17(24-18)9-3-2-4-10(26)7-9/h2-8,26H,1H3,(H2,21,27)(H,23,28). The quantitative estimate of drug-likeness (QED) is 0.481. The first-order chi connectivity index (χ1) is 13.9. The Morgan fingerprint density at radius 1 is 1.24 bits per heavy atom. The number of benzene rings is 2. The number of imidazole rings is 1. The van der Waals surface area contributed by atoms with E-state index in [1.54, 1.807) is 12.1 Å². The van der Waals surface area contributed by atoms with Crippen LogP contribution in [-0.4, -0.2) is 37.6 Å². The zero-order valence-electron chi connectivity index (χ0n) is 15.0. The van der Waals surface area contributed by atoms with Crippen LogP contribution in [0.25, 0.3) is 28.2 Å². The van der Waals surface area contributed by atoms with E-state index in [1.165, 1.54) is 31.4 Å². The fraction of sp³-hybridized carbons (Fsp3) is 0.0526. The predicted octanol–water partition coefficient (Wildman–Crippen LogP) is 1.73. The summed E-state index contributed by atoms with van der Waals surface area (Å²) in [6, 6.07) is 9.87. The van der Waals surface area contributed by atoms with Crippen molar-refractivity contribution >= 4 is 17.1 Å². The Hall–Kier alpha value is -4.21. The monoisotopic (exact) mass is 395 g/mol. The lowest BCUT2D eigenvalue weighted by molar-refractivity contribution is 0.0997. The average molecular weight is 395 g/mol. The maximum Gasteiger partial charge on any atom is 0.332 e. The van der Waals surface area contributed by atoms with E-state index in [0.717, 1.165) is 10.6 Å². The van der Waals surface area contributed by atoms with Crippen molar-refractivity contribution in [2.24, 2.45) is 5.73 Å². The van der Waals surface area contributed by atoms with Gasteiger partial charge in [0.1, 0.15) is 22.8 Å². The van der Waals surface area contributed by atoms with Crippen molar-refractivity contribution in [3.05, 3.63) is 64.5 Å². The molecule has 9 nitrogen and oxygen atoms in total. The van der Waals surface area contributed by atoms with Crippen molar-refractivity contribution in [2.45, 2.75) is 0 Å². The lowest BCUT2D eigenvalue weighted by Crippen LogP contribution is -2.16. The van der Waals surface area contributed by atoms with Gasteiger partial charge in [0.25, 0.3) is 5.91 Å². The van der Waals surface area contributed by atoms with E-state index in [4.69, 9.17) is 10.5 Å². The Balaban J connectivity index is 2.08. The SMILES string of the molecule is COc1ccc(F)c(-n2c(=O)[nH]c3c(C(N)=O)nc(-c4cccc(O)c4)nc32)c1. The van der Waals surface area contributed by atoms with Crippen molar-refractivity contribution in [2.75, 3.05) is 7.11 Å². The number of methoxy groups -OCH3 is 1. The molecular formula is C19H14FN5O4. The summed E-state index contributed by atoms with van der Waals surface area (Å²) in [4.78, 5) is 35.4. The Morgan fingerprint density at radius 3 is 2.72 bits per heavy atom. The number of primary amides is 1. The molecule has 4 rings (SSSR count). The number of halogens is 1. The van der Waals surface area contributed by atoms with Gasteiger partial charge in [-0.15, -0.1) is 0 Å². The van der Waals surface area contributed by atoms with Gasteiger partial charge in [-0.25, -0.2) is 23.7 Å². The van der Waals surface area contributed by atoms with Gasteiger partial charge in [0.05, 0.1) is 12.8 Å². The van der Waals surface area contributed by atoms with Gasteiger partial charge in [0, 0.05) is 11.6 Å². The number of nitrogens with zero attached hydrogens (tertiary/aromatic N) is 3. The summed E-state index contributed by atoms with van der Waals surface area (Å²) in [6.45, 7) is 0. The second-order valence-corrected chi connectivity index (χ2v) is 6.09. The minimum atomic E-state index is -0.904. The highest BCUT2D eigenvalue weighted by molar-refractivity contribution is 6.02. The first kappa shape index (κ1) is 18.2. The normalized spacial score (nSPS) is 11.0. The van der Waals surface area contributed by atoms with Gasteiger partial charge in [0.15, 0.2) is 17.2 Å². The molecule has 0 saturated heterocycles. The average Bonchev–Trinajstić information content (AvgIpc) is 3.03. The summed E-state index contributed by atoms with van der Waals surface area (Å²) >= 11 is 0. The maximum absolute atomic E-state index is 14.5. The van der Waals surface area contributed by atoms with Crippen LogP contribution in [0.1, 0.15) is 10.5 Å². The molecule has 0 radical (unpaired) electrons. The number of H-pyrrole nitrogens is 1. The Bertz CT molecular complexity index is 1330. The molecular weight excluding hydrogens is 381 g/mol. The second-order valence-electron chi connectivity index (χ2n) is 6.09.